The first-order valence-corrected chi connectivity index (χ1v) is 6.03. The highest BCUT2D eigenvalue weighted by Gasteiger charge is 2.07. The van der Waals surface area contributed by atoms with E-state index in [2.05, 4.69) is 25.3 Å². The Kier molecular flexibility index (Phi) is 2.15. The van der Waals surface area contributed by atoms with Crippen LogP contribution in [-0.2, 0) is 0 Å². The molecule has 1 N–H and O–H groups in total. The molecule has 3 heterocycles. The summed E-state index contributed by atoms with van der Waals surface area (Å²) in [5, 5.41) is 6.95. The molecule has 0 radical (unpaired) electrons. The second-order valence-electron chi connectivity index (χ2n) is 2.85. The van der Waals surface area contributed by atoms with Crippen LogP contribution in [0.15, 0.2) is 39.7 Å². The smallest absolute Gasteiger partial charge is 0.171 e. The number of nitrogens with zero attached hydrogens (tertiary/aromatic N) is 3. The van der Waals surface area contributed by atoms with Crippen LogP contribution in [0.3, 0.4) is 0 Å². The third-order valence-corrected chi connectivity index (χ3v) is 3.58. The van der Waals surface area contributed by atoms with Crippen molar-refractivity contribution in [1.82, 2.24) is 19.9 Å². The fraction of sp³-hybridized carbons (Fsp3) is 0. The summed E-state index contributed by atoms with van der Waals surface area (Å²) in [6, 6.07) is 0. The third-order valence-electron chi connectivity index (χ3n) is 1.91. The van der Waals surface area contributed by atoms with Crippen LogP contribution >= 0.6 is 23.1 Å². The van der Waals surface area contributed by atoms with E-state index in [9.17, 15) is 0 Å². The first kappa shape index (κ1) is 8.87. The number of nitrogens with one attached hydrogen (secondary N) is 1. The second-order valence-corrected chi connectivity index (χ2v) is 4.57. The molecule has 3 aromatic heterocycles. The lowest BCUT2D eigenvalue weighted by Crippen LogP contribution is -1.84. The fourth-order valence-corrected chi connectivity index (χ4v) is 2.87. The molecule has 3 aromatic rings. The van der Waals surface area contributed by atoms with Gasteiger partial charge in [0.1, 0.15) is 11.4 Å². The quantitative estimate of drug-likeness (QED) is 0.692. The predicted octanol–water partition coefficient (Wildman–Crippen LogP) is 2.57. The Morgan fingerprint density at radius 3 is 3.07 bits per heavy atom. The van der Waals surface area contributed by atoms with Crippen LogP contribution in [0, 0.1) is 0 Å². The van der Waals surface area contributed by atoms with Crippen molar-refractivity contribution in [2.45, 2.75) is 10.2 Å². The summed E-state index contributed by atoms with van der Waals surface area (Å²) in [6.07, 6.45) is 5.11. The van der Waals surface area contributed by atoms with Gasteiger partial charge in [-0.25, -0.2) is 15.0 Å². The average Bonchev–Trinajstić information content (AvgIpc) is 2.87. The van der Waals surface area contributed by atoms with E-state index in [1.54, 1.807) is 30.1 Å². The monoisotopic (exact) mass is 234 g/mol. The number of aromatic nitrogens is 4. The van der Waals surface area contributed by atoms with Crippen molar-refractivity contribution in [3.05, 3.63) is 29.5 Å². The molecule has 0 fully saturated rings. The zero-order chi connectivity index (χ0) is 10.1. The molecule has 0 saturated carbocycles. The van der Waals surface area contributed by atoms with E-state index in [1.807, 2.05) is 5.38 Å². The highest BCUT2D eigenvalue weighted by atomic mass is 32.2. The SMILES string of the molecule is c1c[nH]c(Sc2ncnc3cscc23)n1. The zero-order valence-electron chi connectivity index (χ0n) is 7.54. The number of imidazole rings is 1. The maximum absolute atomic E-state index is 4.25. The van der Waals surface area contributed by atoms with Crippen LogP contribution in [0.1, 0.15) is 0 Å². The van der Waals surface area contributed by atoms with Crippen molar-refractivity contribution < 1.29 is 0 Å². The number of aromatic amines is 1. The molecule has 0 aliphatic carbocycles. The summed E-state index contributed by atoms with van der Waals surface area (Å²) >= 11 is 3.15. The number of rotatable bonds is 2. The minimum absolute atomic E-state index is 0.848. The van der Waals surface area contributed by atoms with Crippen molar-refractivity contribution in [3.63, 3.8) is 0 Å². The van der Waals surface area contributed by atoms with Crippen molar-refractivity contribution >= 4 is 34.0 Å². The highest BCUT2D eigenvalue weighted by Crippen LogP contribution is 2.30. The molecule has 0 aliphatic heterocycles. The Hall–Kier alpha value is -1.40. The Morgan fingerprint density at radius 1 is 1.20 bits per heavy atom. The Labute approximate surface area is 93.8 Å². The molecule has 3 rings (SSSR count). The van der Waals surface area contributed by atoms with Gasteiger partial charge in [0, 0.05) is 28.5 Å². The number of hydrogen-bond acceptors (Lipinski definition) is 5. The number of thiophene rings is 1. The lowest BCUT2D eigenvalue weighted by Gasteiger charge is -1.97. The molecule has 4 nitrogen and oxygen atoms in total. The number of fused-ring (bicyclic) bond motifs is 1. The molecule has 15 heavy (non-hydrogen) atoms. The first-order chi connectivity index (χ1) is 7.43. The maximum Gasteiger partial charge on any atom is 0.171 e. The molecule has 6 heteroatoms. The van der Waals surface area contributed by atoms with Gasteiger partial charge in [-0.3, -0.25) is 0 Å². The maximum atomic E-state index is 4.25. The topological polar surface area (TPSA) is 54.5 Å². The average molecular weight is 234 g/mol. The first-order valence-electron chi connectivity index (χ1n) is 4.27. The minimum Gasteiger partial charge on any atom is -0.339 e. The number of H-pyrrole nitrogens is 1. The highest BCUT2D eigenvalue weighted by molar-refractivity contribution is 7.99. The standard InChI is InChI=1S/C9H6N4S2/c1-2-11-9(10-1)15-8-6-3-14-4-7(6)12-5-13-8/h1-5H,(H,10,11). The van der Waals surface area contributed by atoms with E-state index in [1.165, 1.54) is 11.8 Å². The van der Waals surface area contributed by atoms with E-state index >= 15 is 0 Å². The summed E-state index contributed by atoms with van der Waals surface area (Å²) in [6.45, 7) is 0. The Balaban J connectivity index is 2.07. The van der Waals surface area contributed by atoms with Crippen LogP contribution in [0.2, 0.25) is 0 Å². The molecular formula is C9H6N4S2. The van der Waals surface area contributed by atoms with E-state index in [-0.39, 0.29) is 0 Å². The van der Waals surface area contributed by atoms with Gasteiger partial charge < -0.3 is 4.98 Å². The molecule has 74 valence electrons. The summed E-state index contributed by atoms with van der Waals surface area (Å²) in [5.41, 5.74) is 0.990. The third kappa shape index (κ3) is 1.62. The van der Waals surface area contributed by atoms with Crippen LogP contribution < -0.4 is 0 Å². The second kappa shape index (κ2) is 3.63. The van der Waals surface area contributed by atoms with Gasteiger partial charge in [0.05, 0.1) is 5.52 Å². The molecule has 0 spiro atoms. The summed E-state index contributed by atoms with van der Waals surface area (Å²) in [4.78, 5) is 15.6. The molecule has 0 bridgehead atoms. The van der Waals surface area contributed by atoms with Crippen molar-refractivity contribution in [2.75, 3.05) is 0 Å². The van der Waals surface area contributed by atoms with Gasteiger partial charge in [-0.2, -0.15) is 0 Å². The van der Waals surface area contributed by atoms with E-state index in [4.69, 9.17) is 0 Å². The summed E-state index contributed by atoms with van der Waals surface area (Å²) < 4.78 is 0. The van der Waals surface area contributed by atoms with Gasteiger partial charge >= 0.3 is 0 Å². The van der Waals surface area contributed by atoms with Crippen molar-refractivity contribution in [2.24, 2.45) is 0 Å². The predicted molar refractivity (Wildman–Crippen MR) is 60.1 cm³/mol. The van der Waals surface area contributed by atoms with Crippen molar-refractivity contribution in [1.29, 1.82) is 0 Å². The Bertz CT molecular complexity index is 573. The largest absolute Gasteiger partial charge is 0.339 e. The van der Waals surface area contributed by atoms with Crippen LogP contribution in [0.4, 0.5) is 0 Å². The number of hydrogen-bond donors (Lipinski definition) is 1. The molecule has 0 aromatic carbocycles. The van der Waals surface area contributed by atoms with E-state index in [0.717, 1.165) is 21.1 Å². The van der Waals surface area contributed by atoms with E-state index in [0.29, 0.717) is 0 Å². The van der Waals surface area contributed by atoms with Gasteiger partial charge in [-0.1, -0.05) is 0 Å². The minimum atomic E-state index is 0.848. The van der Waals surface area contributed by atoms with E-state index < -0.39 is 0 Å². The van der Waals surface area contributed by atoms with Gasteiger partial charge in [-0.05, 0) is 11.8 Å². The molecule has 0 saturated heterocycles. The normalized spacial score (nSPS) is 10.9. The molecule has 0 aliphatic rings. The molecule has 0 atom stereocenters. The van der Waals surface area contributed by atoms with Gasteiger partial charge in [0.25, 0.3) is 0 Å². The Morgan fingerprint density at radius 2 is 2.20 bits per heavy atom. The lowest BCUT2D eigenvalue weighted by molar-refractivity contribution is 1.04. The molecule has 0 unspecified atom stereocenters. The van der Waals surface area contributed by atoms with Gasteiger partial charge in [-0.15, -0.1) is 11.3 Å². The van der Waals surface area contributed by atoms with Gasteiger partial charge in [0.2, 0.25) is 0 Å². The molecular weight excluding hydrogens is 228 g/mol. The molecule has 0 amide bonds. The zero-order valence-corrected chi connectivity index (χ0v) is 9.18. The van der Waals surface area contributed by atoms with Crippen LogP contribution in [0.5, 0.6) is 0 Å². The van der Waals surface area contributed by atoms with Crippen LogP contribution in [0.25, 0.3) is 10.9 Å². The fourth-order valence-electron chi connectivity index (χ4n) is 1.24. The van der Waals surface area contributed by atoms with Crippen molar-refractivity contribution in [3.8, 4) is 0 Å². The summed E-state index contributed by atoms with van der Waals surface area (Å²) in [5.74, 6) is 0. The lowest BCUT2D eigenvalue weighted by atomic mass is 10.4. The van der Waals surface area contributed by atoms with Gasteiger partial charge in [0.15, 0.2) is 5.16 Å². The van der Waals surface area contributed by atoms with Crippen LogP contribution in [-0.4, -0.2) is 19.9 Å². The summed E-state index contributed by atoms with van der Waals surface area (Å²) in [7, 11) is 0.